The fourth-order valence-electron chi connectivity index (χ4n) is 3.91. The van der Waals surface area contributed by atoms with E-state index in [0.717, 1.165) is 16.5 Å². The van der Waals surface area contributed by atoms with Crippen LogP contribution >= 0.6 is 0 Å². The van der Waals surface area contributed by atoms with Crippen LogP contribution < -0.4 is 4.74 Å². The van der Waals surface area contributed by atoms with Gasteiger partial charge in [0.2, 0.25) is 5.91 Å². The first-order valence-electron chi connectivity index (χ1n) is 10.4. The molecule has 1 N–H and O–H groups in total. The molecule has 2 amide bonds. The first-order chi connectivity index (χ1) is 15.5. The number of carbonyl (C=O) groups is 3. The summed E-state index contributed by atoms with van der Waals surface area (Å²) in [7, 11) is 1.27. The van der Waals surface area contributed by atoms with E-state index in [0.29, 0.717) is 24.6 Å². The lowest BCUT2D eigenvalue weighted by Crippen LogP contribution is -2.59. The maximum absolute atomic E-state index is 13.1. The number of hydrogen-bond donors (Lipinski definition) is 1. The van der Waals surface area contributed by atoms with Gasteiger partial charge in [-0.15, -0.1) is 0 Å². The maximum Gasteiger partial charge on any atom is 0.330 e. The van der Waals surface area contributed by atoms with Crippen molar-refractivity contribution in [1.29, 1.82) is 0 Å². The van der Waals surface area contributed by atoms with E-state index in [1.807, 2.05) is 48.5 Å². The van der Waals surface area contributed by atoms with Crippen molar-refractivity contribution in [2.24, 2.45) is 0 Å². The molecule has 4 rings (SSSR count). The van der Waals surface area contributed by atoms with E-state index < -0.39 is 12.0 Å². The predicted octanol–water partition coefficient (Wildman–Crippen LogP) is 2.59. The number of esters is 1. The van der Waals surface area contributed by atoms with Gasteiger partial charge in [0.1, 0.15) is 24.1 Å². The third-order valence-electron chi connectivity index (χ3n) is 5.62. The minimum Gasteiger partial charge on any atom is -0.489 e. The summed E-state index contributed by atoms with van der Waals surface area (Å²) in [5, 5.41) is 0.853. The molecule has 8 heteroatoms. The lowest BCUT2D eigenvalue weighted by atomic mass is 10.1. The highest BCUT2D eigenvalue weighted by molar-refractivity contribution is 5.99. The fraction of sp³-hybridized carbons (Fsp3) is 0.292. The number of aromatic nitrogens is 1. The van der Waals surface area contributed by atoms with Crippen LogP contribution in [0.15, 0.2) is 54.6 Å². The highest BCUT2D eigenvalue weighted by Gasteiger charge is 2.36. The molecule has 3 aromatic rings. The molecule has 1 unspecified atom stereocenters. The van der Waals surface area contributed by atoms with E-state index in [1.165, 1.54) is 18.9 Å². The van der Waals surface area contributed by atoms with Crippen LogP contribution in [0.2, 0.25) is 0 Å². The zero-order chi connectivity index (χ0) is 22.7. The molecular weight excluding hydrogens is 410 g/mol. The van der Waals surface area contributed by atoms with Gasteiger partial charge in [0.25, 0.3) is 5.91 Å². The summed E-state index contributed by atoms with van der Waals surface area (Å²) in [5.74, 6) is -0.277. The number of amides is 2. The Bertz CT molecular complexity index is 1140. The topological polar surface area (TPSA) is 91.9 Å². The fourth-order valence-corrected chi connectivity index (χ4v) is 3.91. The van der Waals surface area contributed by atoms with Crippen molar-refractivity contribution in [3.63, 3.8) is 0 Å². The van der Waals surface area contributed by atoms with E-state index in [4.69, 9.17) is 9.47 Å². The van der Waals surface area contributed by atoms with Crippen LogP contribution in [0.5, 0.6) is 5.75 Å². The Kier molecular flexibility index (Phi) is 6.11. The molecule has 1 aliphatic heterocycles. The average Bonchev–Trinajstić information content (AvgIpc) is 3.25. The van der Waals surface area contributed by atoms with Gasteiger partial charge in [0.15, 0.2) is 0 Å². The molecule has 166 valence electrons. The van der Waals surface area contributed by atoms with Gasteiger partial charge >= 0.3 is 5.97 Å². The van der Waals surface area contributed by atoms with Gasteiger partial charge < -0.3 is 24.3 Å². The van der Waals surface area contributed by atoms with Crippen LogP contribution in [-0.2, 0) is 20.9 Å². The summed E-state index contributed by atoms with van der Waals surface area (Å²) in [4.78, 5) is 43.3. The quantitative estimate of drug-likeness (QED) is 0.622. The van der Waals surface area contributed by atoms with Gasteiger partial charge in [0, 0.05) is 30.9 Å². The average molecular weight is 435 g/mol. The number of H-pyrrole nitrogens is 1. The number of carbonyl (C=O) groups excluding carboxylic acids is 3. The molecule has 1 aromatic heterocycles. The molecule has 1 fully saturated rings. The highest BCUT2D eigenvalue weighted by atomic mass is 16.5. The largest absolute Gasteiger partial charge is 0.489 e. The molecule has 0 bridgehead atoms. The zero-order valence-corrected chi connectivity index (χ0v) is 18.0. The Hall–Kier alpha value is -3.81. The molecule has 0 radical (unpaired) electrons. The second-order valence-electron chi connectivity index (χ2n) is 7.71. The van der Waals surface area contributed by atoms with Crippen molar-refractivity contribution in [3.05, 3.63) is 65.9 Å². The Morgan fingerprint density at radius 3 is 2.56 bits per heavy atom. The Labute approximate surface area is 185 Å². The molecule has 32 heavy (non-hydrogen) atoms. The molecule has 1 aliphatic rings. The number of rotatable bonds is 5. The molecule has 8 nitrogen and oxygen atoms in total. The van der Waals surface area contributed by atoms with Crippen LogP contribution in [0, 0.1) is 0 Å². The number of fused-ring (bicyclic) bond motifs is 1. The number of nitrogens with zero attached hydrogens (tertiary/aromatic N) is 2. The number of piperazine rings is 1. The molecule has 0 spiro atoms. The van der Waals surface area contributed by atoms with Crippen LogP contribution in [0.1, 0.15) is 23.0 Å². The van der Waals surface area contributed by atoms with Crippen molar-refractivity contribution in [1.82, 2.24) is 14.8 Å². The van der Waals surface area contributed by atoms with Gasteiger partial charge in [-0.25, -0.2) is 4.79 Å². The minimum absolute atomic E-state index is 0.0892. The van der Waals surface area contributed by atoms with Gasteiger partial charge in [-0.05, 0) is 29.8 Å². The first-order valence-corrected chi connectivity index (χ1v) is 10.4. The summed E-state index contributed by atoms with van der Waals surface area (Å²) in [6.45, 7) is 2.57. The van der Waals surface area contributed by atoms with E-state index >= 15 is 0 Å². The second-order valence-corrected chi connectivity index (χ2v) is 7.71. The van der Waals surface area contributed by atoms with Crippen molar-refractivity contribution < 1.29 is 23.9 Å². The maximum atomic E-state index is 13.1. The SMILES string of the molecule is COC(=O)C1CN(C(=O)c2cc3cc(OCc4ccccc4)ccc3[nH]2)CCN1C(C)=O. The third-order valence-corrected chi connectivity index (χ3v) is 5.62. The number of aromatic amines is 1. The number of hydrogen-bond acceptors (Lipinski definition) is 5. The summed E-state index contributed by atoms with van der Waals surface area (Å²) in [6, 6.07) is 16.5. The normalized spacial score (nSPS) is 16.1. The molecule has 2 heterocycles. The lowest BCUT2D eigenvalue weighted by Gasteiger charge is -2.39. The molecule has 1 saturated heterocycles. The monoisotopic (exact) mass is 435 g/mol. The Balaban J connectivity index is 1.48. The lowest BCUT2D eigenvalue weighted by molar-refractivity contribution is -0.154. The molecular formula is C24H25N3O5. The van der Waals surface area contributed by atoms with Crippen LogP contribution in [0.25, 0.3) is 10.9 Å². The summed E-state index contributed by atoms with van der Waals surface area (Å²) < 4.78 is 10.7. The van der Waals surface area contributed by atoms with Gasteiger partial charge in [-0.1, -0.05) is 30.3 Å². The van der Waals surface area contributed by atoms with Crippen molar-refractivity contribution in [2.45, 2.75) is 19.6 Å². The summed E-state index contributed by atoms with van der Waals surface area (Å²) in [6.07, 6.45) is 0. The third kappa shape index (κ3) is 4.44. The zero-order valence-electron chi connectivity index (χ0n) is 18.0. The summed E-state index contributed by atoms with van der Waals surface area (Å²) >= 11 is 0. The minimum atomic E-state index is -0.808. The number of methoxy groups -OCH3 is 1. The Morgan fingerprint density at radius 1 is 1.06 bits per heavy atom. The molecule has 2 aromatic carbocycles. The molecule has 1 atom stereocenters. The summed E-state index contributed by atoms with van der Waals surface area (Å²) in [5.41, 5.74) is 2.30. The van der Waals surface area contributed by atoms with Gasteiger partial charge in [-0.3, -0.25) is 9.59 Å². The number of ether oxygens (including phenoxy) is 2. The van der Waals surface area contributed by atoms with Crippen molar-refractivity contribution in [3.8, 4) is 5.75 Å². The van der Waals surface area contributed by atoms with Gasteiger partial charge in [0.05, 0.1) is 13.7 Å². The van der Waals surface area contributed by atoms with E-state index in [2.05, 4.69) is 4.98 Å². The van der Waals surface area contributed by atoms with E-state index in [9.17, 15) is 14.4 Å². The number of benzene rings is 2. The van der Waals surface area contributed by atoms with E-state index in [1.54, 1.807) is 11.0 Å². The highest BCUT2D eigenvalue weighted by Crippen LogP contribution is 2.24. The standard InChI is InChI=1S/C24H25N3O5/c1-16(28)27-11-10-26(14-22(27)24(30)31-2)23(29)21-13-18-12-19(8-9-20(18)25-21)32-15-17-6-4-3-5-7-17/h3-9,12-13,22,25H,10-11,14-15H2,1-2H3. The smallest absolute Gasteiger partial charge is 0.330 e. The Morgan fingerprint density at radius 2 is 1.84 bits per heavy atom. The van der Waals surface area contributed by atoms with Crippen LogP contribution in [0.3, 0.4) is 0 Å². The molecule has 0 saturated carbocycles. The van der Waals surface area contributed by atoms with Crippen molar-refractivity contribution >= 4 is 28.7 Å². The molecule has 0 aliphatic carbocycles. The second kappa shape index (κ2) is 9.13. The van der Waals surface area contributed by atoms with E-state index in [-0.39, 0.29) is 24.9 Å². The number of nitrogens with one attached hydrogen (secondary N) is 1. The first kappa shape index (κ1) is 21.4. The van der Waals surface area contributed by atoms with Crippen molar-refractivity contribution in [2.75, 3.05) is 26.7 Å². The van der Waals surface area contributed by atoms with Crippen LogP contribution in [-0.4, -0.2) is 65.4 Å². The van der Waals surface area contributed by atoms with Gasteiger partial charge in [-0.2, -0.15) is 0 Å². The van der Waals surface area contributed by atoms with Crippen LogP contribution in [0.4, 0.5) is 0 Å². The predicted molar refractivity (Wildman–Crippen MR) is 118 cm³/mol.